The number of aryl methyl sites for hydroxylation is 1. The first kappa shape index (κ1) is 14.4. The van der Waals surface area contributed by atoms with E-state index in [-0.39, 0.29) is 6.04 Å². The molecule has 0 saturated carbocycles. The van der Waals surface area contributed by atoms with Gasteiger partial charge in [0.25, 0.3) is 0 Å². The van der Waals surface area contributed by atoms with E-state index in [1.165, 1.54) is 11.1 Å². The highest BCUT2D eigenvalue weighted by Crippen LogP contribution is 2.24. The third kappa shape index (κ3) is 3.97. The van der Waals surface area contributed by atoms with Crippen LogP contribution in [0.5, 0.6) is 0 Å². The monoisotopic (exact) mass is 293 g/mol. The number of halogens is 2. The van der Waals surface area contributed by atoms with Crippen molar-refractivity contribution < 1.29 is 0 Å². The van der Waals surface area contributed by atoms with Gasteiger partial charge in [-0.05, 0) is 47.7 Å². The molecule has 2 aromatic carbocycles. The van der Waals surface area contributed by atoms with E-state index >= 15 is 0 Å². The fourth-order valence-electron chi connectivity index (χ4n) is 2.07. The lowest BCUT2D eigenvalue weighted by atomic mass is 9.98. The molecule has 19 heavy (non-hydrogen) atoms. The van der Waals surface area contributed by atoms with Gasteiger partial charge in [-0.2, -0.15) is 0 Å². The van der Waals surface area contributed by atoms with Crippen molar-refractivity contribution in [1.82, 2.24) is 0 Å². The molecule has 0 saturated heterocycles. The van der Waals surface area contributed by atoms with Crippen LogP contribution in [0, 0.1) is 0 Å². The standard InChI is InChI=1S/C16H17Cl2N/c1-2-11-3-5-12(6-4-11)7-16(19)13-8-14(17)10-15(18)9-13/h3-6,8-10,16H,2,7,19H2,1H3. The van der Waals surface area contributed by atoms with E-state index in [0.717, 1.165) is 18.4 Å². The first-order valence-corrected chi connectivity index (χ1v) is 7.13. The minimum atomic E-state index is -0.0938. The van der Waals surface area contributed by atoms with Crippen LogP contribution in [0.3, 0.4) is 0 Å². The predicted molar refractivity (Wildman–Crippen MR) is 82.9 cm³/mol. The van der Waals surface area contributed by atoms with Crippen LogP contribution < -0.4 is 5.73 Å². The maximum atomic E-state index is 6.22. The highest BCUT2D eigenvalue weighted by Gasteiger charge is 2.09. The largest absolute Gasteiger partial charge is 0.324 e. The maximum absolute atomic E-state index is 6.22. The van der Waals surface area contributed by atoms with E-state index in [9.17, 15) is 0 Å². The van der Waals surface area contributed by atoms with Crippen molar-refractivity contribution in [3.8, 4) is 0 Å². The first-order valence-electron chi connectivity index (χ1n) is 6.38. The van der Waals surface area contributed by atoms with Crippen LogP contribution in [0.25, 0.3) is 0 Å². The third-order valence-electron chi connectivity index (χ3n) is 3.20. The van der Waals surface area contributed by atoms with Crippen LogP contribution in [-0.2, 0) is 12.8 Å². The summed E-state index contributed by atoms with van der Waals surface area (Å²) in [6.45, 7) is 2.15. The molecule has 0 aliphatic heterocycles. The van der Waals surface area contributed by atoms with Crippen molar-refractivity contribution in [3.63, 3.8) is 0 Å². The smallest absolute Gasteiger partial charge is 0.0424 e. The van der Waals surface area contributed by atoms with Crippen LogP contribution in [0.2, 0.25) is 10.0 Å². The Morgan fingerprint density at radius 2 is 1.47 bits per heavy atom. The molecule has 0 heterocycles. The maximum Gasteiger partial charge on any atom is 0.0424 e. The Morgan fingerprint density at radius 3 is 2.00 bits per heavy atom. The Hall–Kier alpha value is -1.02. The Balaban J connectivity index is 2.13. The molecule has 0 aliphatic rings. The van der Waals surface area contributed by atoms with Crippen LogP contribution >= 0.6 is 23.2 Å². The molecule has 2 N–H and O–H groups in total. The highest BCUT2D eigenvalue weighted by atomic mass is 35.5. The fourth-order valence-corrected chi connectivity index (χ4v) is 2.61. The molecule has 0 aliphatic carbocycles. The lowest BCUT2D eigenvalue weighted by molar-refractivity contribution is 0.722. The summed E-state index contributed by atoms with van der Waals surface area (Å²) >= 11 is 12.0. The third-order valence-corrected chi connectivity index (χ3v) is 3.64. The molecule has 0 aromatic heterocycles. The Morgan fingerprint density at radius 1 is 0.947 bits per heavy atom. The van der Waals surface area contributed by atoms with Crippen molar-refractivity contribution in [2.24, 2.45) is 5.73 Å². The average Bonchev–Trinajstić information content (AvgIpc) is 2.38. The van der Waals surface area contributed by atoms with Crippen molar-refractivity contribution in [2.75, 3.05) is 0 Å². The lowest BCUT2D eigenvalue weighted by Gasteiger charge is -2.13. The summed E-state index contributed by atoms with van der Waals surface area (Å²) in [6, 6.07) is 13.9. The summed E-state index contributed by atoms with van der Waals surface area (Å²) in [7, 11) is 0. The van der Waals surface area contributed by atoms with Gasteiger partial charge in [-0.1, -0.05) is 54.4 Å². The Kier molecular flexibility index (Phi) is 4.87. The molecule has 1 unspecified atom stereocenters. The van der Waals surface area contributed by atoms with Gasteiger partial charge in [0.15, 0.2) is 0 Å². The quantitative estimate of drug-likeness (QED) is 0.861. The summed E-state index contributed by atoms with van der Waals surface area (Å²) in [5.74, 6) is 0. The van der Waals surface area contributed by atoms with Crippen LogP contribution in [-0.4, -0.2) is 0 Å². The van der Waals surface area contributed by atoms with Crippen molar-refractivity contribution in [1.29, 1.82) is 0 Å². The average molecular weight is 294 g/mol. The molecule has 1 nitrogen and oxygen atoms in total. The van der Waals surface area contributed by atoms with Crippen molar-refractivity contribution >= 4 is 23.2 Å². The minimum absolute atomic E-state index is 0.0938. The second kappa shape index (κ2) is 6.42. The van der Waals surface area contributed by atoms with Gasteiger partial charge < -0.3 is 5.73 Å². The molecule has 0 amide bonds. The number of benzene rings is 2. The van der Waals surface area contributed by atoms with Gasteiger partial charge in [0.1, 0.15) is 0 Å². The van der Waals surface area contributed by atoms with Gasteiger partial charge in [0.2, 0.25) is 0 Å². The normalized spacial score (nSPS) is 12.4. The molecule has 100 valence electrons. The zero-order chi connectivity index (χ0) is 13.8. The predicted octanol–water partition coefficient (Wildman–Crippen LogP) is 4.80. The zero-order valence-electron chi connectivity index (χ0n) is 10.9. The topological polar surface area (TPSA) is 26.0 Å². The molecule has 0 bridgehead atoms. The van der Waals surface area contributed by atoms with E-state index in [1.54, 1.807) is 6.07 Å². The molecule has 2 aromatic rings. The van der Waals surface area contributed by atoms with Crippen LogP contribution in [0.4, 0.5) is 0 Å². The summed E-state index contributed by atoms with van der Waals surface area (Å²) in [5, 5.41) is 1.25. The summed E-state index contributed by atoms with van der Waals surface area (Å²) < 4.78 is 0. The number of hydrogen-bond donors (Lipinski definition) is 1. The first-order chi connectivity index (χ1) is 9.08. The molecule has 3 heteroatoms. The van der Waals surface area contributed by atoms with Gasteiger partial charge in [0.05, 0.1) is 0 Å². The van der Waals surface area contributed by atoms with Gasteiger partial charge >= 0.3 is 0 Å². The van der Waals surface area contributed by atoms with E-state index < -0.39 is 0 Å². The van der Waals surface area contributed by atoms with E-state index in [1.807, 2.05) is 12.1 Å². The molecule has 0 fully saturated rings. The Bertz CT molecular complexity index is 529. The number of rotatable bonds is 4. The second-order valence-corrected chi connectivity index (χ2v) is 5.56. The number of nitrogens with two attached hydrogens (primary N) is 1. The van der Waals surface area contributed by atoms with Gasteiger partial charge in [-0.25, -0.2) is 0 Å². The molecular formula is C16H17Cl2N. The van der Waals surface area contributed by atoms with E-state index in [0.29, 0.717) is 10.0 Å². The van der Waals surface area contributed by atoms with E-state index in [2.05, 4.69) is 31.2 Å². The second-order valence-electron chi connectivity index (χ2n) is 4.68. The van der Waals surface area contributed by atoms with Crippen molar-refractivity contribution in [2.45, 2.75) is 25.8 Å². The van der Waals surface area contributed by atoms with Crippen LogP contribution in [0.15, 0.2) is 42.5 Å². The van der Waals surface area contributed by atoms with Gasteiger partial charge in [-0.15, -0.1) is 0 Å². The SMILES string of the molecule is CCc1ccc(CC(N)c2cc(Cl)cc(Cl)c2)cc1. The molecule has 2 rings (SSSR count). The van der Waals surface area contributed by atoms with Gasteiger partial charge in [0, 0.05) is 16.1 Å². The Labute approximate surface area is 124 Å². The molecule has 0 spiro atoms. The molecule has 1 atom stereocenters. The molecule has 0 radical (unpaired) electrons. The van der Waals surface area contributed by atoms with Crippen molar-refractivity contribution in [3.05, 3.63) is 69.2 Å². The minimum Gasteiger partial charge on any atom is -0.324 e. The summed E-state index contributed by atoms with van der Waals surface area (Å²) in [4.78, 5) is 0. The molecular weight excluding hydrogens is 277 g/mol. The lowest BCUT2D eigenvalue weighted by Crippen LogP contribution is -2.13. The van der Waals surface area contributed by atoms with Gasteiger partial charge in [-0.3, -0.25) is 0 Å². The summed E-state index contributed by atoms with van der Waals surface area (Å²) in [6.07, 6.45) is 1.83. The van der Waals surface area contributed by atoms with E-state index in [4.69, 9.17) is 28.9 Å². The van der Waals surface area contributed by atoms with Crippen LogP contribution in [0.1, 0.15) is 29.7 Å². The fraction of sp³-hybridized carbons (Fsp3) is 0.250. The number of hydrogen-bond acceptors (Lipinski definition) is 1. The summed E-state index contributed by atoms with van der Waals surface area (Å²) in [5.41, 5.74) is 9.75. The zero-order valence-corrected chi connectivity index (χ0v) is 12.4. The highest BCUT2D eigenvalue weighted by molar-refractivity contribution is 6.34.